The third-order valence-electron chi connectivity index (χ3n) is 9.59. The van der Waals surface area contributed by atoms with Crippen LogP contribution < -0.4 is 0 Å². The summed E-state index contributed by atoms with van der Waals surface area (Å²) in [5, 5.41) is 8.97. The van der Waals surface area contributed by atoms with E-state index in [1.807, 2.05) is 6.07 Å². The highest BCUT2D eigenvalue weighted by Gasteiger charge is 2.32. The summed E-state index contributed by atoms with van der Waals surface area (Å²) < 4.78 is 74.6. The highest BCUT2D eigenvalue weighted by atomic mass is 19.2. The molecule has 0 bridgehead atoms. The molecule has 0 radical (unpaired) electrons. The largest absolute Gasteiger partial charge is 0.207 e. The summed E-state index contributed by atoms with van der Waals surface area (Å²) in [6, 6.07) is 11.4. The molecule has 0 N–H and O–H groups in total. The number of nitriles is 1. The van der Waals surface area contributed by atoms with Crippen molar-refractivity contribution in [3.63, 3.8) is 0 Å². The molecule has 0 saturated heterocycles. The first-order valence-corrected chi connectivity index (χ1v) is 15.5. The maximum atomic E-state index is 15.8. The number of hydrogen-bond donors (Lipinski definition) is 0. The van der Waals surface area contributed by atoms with Crippen molar-refractivity contribution in [2.45, 2.75) is 102 Å². The van der Waals surface area contributed by atoms with Crippen molar-refractivity contribution in [3.8, 4) is 6.07 Å². The third kappa shape index (κ3) is 6.41. The normalized spacial score (nSPS) is 20.3. The third-order valence-corrected chi connectivity index (χ3v) is 9.59. The van der Waals surface area contributed by atoms with Gasteiger partial charge in [-0.3, -0.25) is 0 Å². The number of benzene rings is 3. The molecule has 1 nitrogen and oxygen atoms in total. The number of unbranched alkanes of at least 4 members (excludes halogenated alkanes) is 2. The molecular weight excluding hydrogens is 541 g/mol. The molecule has 0 heterocycles. The maximum absolute atomic E-state index is 15.8. The molecular formula is C36H38F5N. The van der Waals surface area contributed by atoms with E-state index in [1.54, 1.807) is 18.2 Å². The molecule has 42 heavy (non-hydrogen) atoms. The zero-order valence-electron chi connectivity index (χ0n) is 24.2. The summed E-state index contributed by atoms with van der Waals surface area (Å²) in [4.78, 5) is 0. The summed E-state index contributed by atoms with van der Waals surface area (Å²) in [6.07, 6.45) is 8.79. The van der Waals surface area contributed by atoms with Gasteiger partial charge in [-0.1, -0.05) is 38.0 Å². The van der Waals surface area contributed by atoms with E-state index in [1.165, 1.54) is 18.2 Å². The van der Waals surface area contributed by atoms with Crippen LogP contribution in [0, 0.1) is 46.3 Å². The summed E-state index contributed by atoms with van der Waals surface area (Å²) in [5.41, 5.74) is 3.08. The van der Waals surface area contributed by atoms with Crippen molar-refractivity contribution in [2.24, 2.45) is 5.92 Å². The Morgan fingerprint density at radius 1 is 0.762 bits per heavy atom. The summed E-state index contributed by atoms with van der Waals surface area (Å²) in [6.45, 7) is 2.07. The number of rotatable bonds is 9. The Bertz CT molecular complexity index is 1460. The van der Waals surface area contributed by atoms with Crippen LogP contribution in [0.4, 0.5) is 22.0 Å². The van der Waals surface area contributed by atoms with Crippen molar-refractivity contribution in [3.05, 3.63) is 104 Å². The SMILES string of the molecule is CCCCCc1ccc(CCC2CCc3c(cc(F)c(C4CCC(c5ccc(C#N)c(F)c5)CC4)c3F)C2)c(F)c1F. The van der Waals surface area contributed by atoms with E-state index in [9.17, 15) is 13.2 Å². The van der Waals surface area contributed by atoms with E-state index in [4.69, 9.17) is 5.26 Å². The van der Waals surface area contributed by atoms with E-state index in [2.05, 4.69) is 6.92 Å². The lowest BCUT2D eigenvalue weighted by Crippen LogP contribution is -2.21. The van der Waals surface area contributed by atoms with Crippen LogP contribution in [0.2, 0.25) is 0 Å². The number of hydrogen-bond acceptors (Lipinski definition) is 1. The van der Waals surface area contributed by atoms with E-state index in [0.717, 1.165) is 31.2 Å². The molecule has 5 rings (SSSR count). The monoisotopic (exact) mass is 579 g/mol. The average Bonchev–Trinajstić information content (AvgIpc) is 2.99. The lowest BCUT2D eigenvalue weighted by atomic mass is 9.74. The van der Waals surface area contributed by atoms with Gasteiger partial charge in [0.2, 0.25) is 0 Å². The highest BCUT2D eigenvalue weighted by Crippen LogP contribution is 2.44. The Balaban J connectivity index is 1.21. The summed E-state index contributed by atoms with van der Waals surface area (Å²) >= 11 is 0. The summed E-state index contributed by atoms with van der Waals surface area (Å²) in [7, 11) is 0. The van der Waals surface area contributed by atoms with Gasteiger partial charge in [0.15, 0.2) is 11.6 Å². The molecule has 2 aliphatic carbocycles. The molecule has 6 heteroatoms. The second-order valence-corrected chi connectivity index (χ2v) is 12.2. The van der Waals surface area contributed by atoms with Crippen molar-refractivity contribution in [1.29, 1.82) is 5.26 Å². The van der Waals surface area contributed by atoms with E-state index in [-0.39, 0.29) is 28.9 Å². The Morgan fingerprint density at radius 2 is 1.45 bits per heavy atom. The van der Waals surface area contributed by atoms with Gasteiger partial charge in [0.25, 0.3) is 0 Å². The van der Waals surface area contributed by atoms with Crippen molar-refractivity contribution in [2.75, 3.05) is 0 Å². The lowest BCUT2D eigenvalue weighted by molar-refractivity contribution is 0.368. The first-order chi connectivity index (χ1) is 20.3. The smallest absolute Gasteiger partial charge is 0.162 e. The summed E-state index contributed by atoms with van der Waals surface area (Å²) in [5.74, 6) is -2.95. The van der Waals surface area contributed by atoms with Crippen LogP contribution in [-0.2, 0) is 25.7 Å². The van der Waals surface area contributed by atoms with Gasteiger partial charge in [0, 0.05) is 5.56 Å². The molecule has 1 fully saturated rings. The molecule has 0 spiro atoms. The number of fused-ring (bicyclic) bond motifs is 1. The molecule has 0 aromatic heterocycles. The fourth-order valence-electron chi connectivity index (χ4n) is 7.09. The van der Waals surface area contributed by atoms with Gasteiger partial charge in [-0.15, -0.1) is 0 Å². The molecule has 222 valence electrons. The Labute approximate surface area is 245 Å². The first kappa shape index (κ1) is 30.3. The van der Waals surface area contributed by atoms with Crippen LogP contribution >= 0.6 is 0 Å². The van der Waals surface area contributed by atoms with E-state index < -0.39 is 29.1 Å². The molecule has 2 aliphatic rings. The molecule has 0 aliphatic heterocycles. The molecule has 1 atom stereocenters. The van der Waals surface area contributed by atoms with Crippen LogP contribution in [0.3, 0.4) is 0 Å². The van der Waals surface area contributed by atoms with Gasteiger partial charge in [0.1, 0.15) is 23.5 Å². The van der Waals surface area contributed by atoms with Gasteiger partial charge in [-0.25, -0.2) is 22.0 Å². The number of halogens is 5. The highest BCUT2D eigenvalue weighted by molar-refractivity contribution is 5.40. The molecule has 0 amide bonds. The molecule has 3 aromatic rings. The standard InChI is InChI=1S/C36H38F5N/c1-2-3-4-5-25-13-14-26(35(40)34(25)39)8-6-22-7-17-30-29(18-22)20-32(38)33(36(30)41)24-11-9-23(10-12-24)27-15-16-28(21-42)31(37)19-27/h13-16,19-20,22-24H,2-12,17-18H2,1H3. The Hall–Kier alpha value is -3.20. The second kappa shape index (κ2) is 13.4. The Morgan fingerprint density at radius 3 is 2.12 bits per heavy atom. The van der Waals surface area contributed by atoms with Crippen molar-refractivity contribution in [1.82, 2.24) is 0 Å². The fraction of sp³-hybridized carbons (Fsp3) is 0.472. The predicted octanol–water partition coefficient (Wildman–Crippen LogP) is 10.2. The minimum absolute atomic E-state index is 0.0146. The van der Waals surface area contributed by atoms with Crippen LogP contribution in [0.1, 0.15) is 115 Å². The lowest BCUT2D eigenvalue weighted by Gasteiger charge is -2.32. The van der Waals surface area contributed by atoms with Crippen molar-refractivity contribution < 1.29 is 22.0 Å². The van der Waals surface area contributed by atoms with Gasteiger partial charge in [0.05, 0.1) is 5.56 Å². The van der Waals surface area contributed by atoms with E-state index >= 15 is 8.78 Å². The quantitative estimate of drug-likeness (QED) is 0.183. The maximum Gasteiger partial charge on any atom is 0.162 e. The van der Waals surface area contributed by atoms with E-state index in [0.29, 0.717) is 80.0 Å². The number of aryl methyl sites for hydroxylation is 2. The molecule has 1 unspecified atom stereocenters. The van der Waals surface area contributed by atoms with Crippen molar-refractivity contribution >= 4 is 0 Å². The van der Waals surface area contributed by atoms with Crippen LogP contribution in [0.15, 0.2) is 36.4 Å². The van der Waals surface area contributed by atoms with Gasteiger partial charge < -0.3 is 0 Å². The molecule has 3 aromatic carbocycles. The zero-order chi connectivity index (χ0) is 29.8. The minimum Gasteiger partial charge on any atom is -0.207 e. The Kier molecular flexibility index (Phi) is 9.66. The fourth-order valence-corrected chi connectivity index (χ4v) is 7.09. The first-order valence-electron chi connectivity index (χ1n) is 15.5. The van der Waals surface area contributed by atoms with Gasteiger partial charge in [-0.05, 0) is 134 Å². The second-order valence-electron chi connectivity index (χ2n) is 12.2. The average molecular weight is 580 g/mol. The molecule has 1 saturated carbocycles. The van der Waals surface area contributed by atoms with Crippen LogP contribution in [0.25, 0.3) is 0 Å². The van der Waals surface area contributed by atoms with Gasteiger partial charge in [-0.2, -0.15) is 5.26 Å². The zero-order valence-corrected chi connectivity index (χ0v) is 24.2. The van der Waals surface area contributed by atoms with Crippen LogP contribution in [0.5, 0.6) is 0 Å². The predicted molar refractivity (Wildman–Crippen MR) is 155 cm³/mol. The minimum atomic E-state index is -0.763. The van der Waals surface area contributed by atoms with Crippen LogP contribution in [-0.4, -0.2) is 0 Å². The topological polar surface area (TPSA) is 23.8 Å². The number of nitrogens with zero attached hydrogens (tertiary/aromatic N) is 1. The van der Waals surface area contributed by atoms with Gasteiger partial charge >= 0.3 is 0 Å².